The third-order valence-corrected chi connectivity index (χ3v) is 3.75. The summed E-state index contributed by atoms with van der Waals surface area (Å²) in [6.45, 7) is 8.86. The zero-order valence-electron chi connectivity index (χ0n) is 11.2. The summed E-state index contributed by atoms with van der Waals surface area (Å²) in [5.74, 6) is 0.237. The van der Waals surface area contributed by atoms with E-state index in [-0.39, 0.29) is 11.3 Å². The molecule has 0 aromatic carbocycles. The van der Waals surface area contributed by atoms with Gasteiger partial charge in [-0.2, -0.15) is 0 Å². The van der Waals surface area contributed by atoms with Crippen molar-refractivity contribution < 1.29 is 8.42 Å². The molecule has 0 heterocycles. The molecule has 98 valence electrons. The fraction of sp³-hybridized carbons (Fsp3) is 1.00. The van der Waals surface area contributed by atoms with Gasteiger partial charge in [0.15, 0.2) is 0 Å². The van der Waals surface area contributed by atoms with Gasteiger partial charge in [-0.3, -0.25) is 0 Å². The Morgan fingerprint density at radius 2 is 1.81 bits per heavy atom. The topological polar surface area (TPSA) is 49.4 Å². The molecule has 0 spiro atoms. The molecular weight excluding hydrogens is 224 g/mol. The lowest BCUT2D eigenvalue weighted by Crippen LogP contribution is -2.43. The Hall–Kier alpha value is -0.130. The second-order valence-corrected chi connectivity index (χ2v) is 7.36. The Labute approximate surface area is 100 Å². The minimum absolute atomic E-state index is 0.164. The number of hydrogen-bond donors (Lipinski definition) is 1. The van der Waals surface area contributed by atoms with E-state index in [2.05, 4.69) is 26.1 Å². The highest BCUT2D eigenvalue weighted by molar-refractivity contribution is 7.90. The molecule has 0 aliphatic heterocycles. The van der Waals surface area contributed by atoms with Crippen LogP contribution in [0.2, 0.25) is 0 Å². The van der Waals surface area contributed by atoms with Crippen LogP contribution in [0.15, 0.2) is 0 Å². The zero-order valence-corrected chi connectivity index (χ0v) is 12.0. The van der Waals surface area contributed by atoms with Crippen molar-refractivity contribution in [2.24, 2.45) is 0 Å². The van der Waals surface area contributed by atoms with Gasteiger partial charge >= 0.3 is 0 Å². The summed E-state index contributed by atoms with van der Waals surface area (Å²) in [6, 6.07) is 0. The number of hydrogen-bond acceptors (Lipinski definition) is 4. The average molecular weight is 250 g/mol. The second-order valence-electron chi connectivity index (χ2n) is 5.10. The van der Waals surface area contributed by atoms with Crippen LogP contribution in [0.5, 0.6) is 0 Å². The molecule has 0 fully saturated rings. The minimum atomic E-state index is -2.84. The molecule has 0 atom stereocenters. The smallest absolute Gasteiger partial charge is 0.148 e. The summed E-state index contributed by atoms with van der Waals surface area (Å²) in [7, 11) is -0.889. The lowest BCUT2D eigenvalue weighted by Gasteiger charge is -2.26. The highest BCUT2D eigenvalue weighted by Crippen LogP contribution is 2.05. The van der Waals surface area contributed by atoms with Crippen molar-refractivity contribution in [2.45, 2.75) is 32.7 Å². The Kier molecular flexibility index (Phi) is 6.51. The van der Waals surface area contributed by atoms with Crippen molar-refractivity contribution in [2.75, 3.05) is 38.7 Å². The molecule has 0 saturated carbocycles. The van der Waals surface area contributed by atoms with Gasteiger partial charge in [0.1, 0.15) is 9.84 Å². The maximum Gasteiger partial charge on any atom is 0.148 e. The first kappa shape index (κ1) is 15.9. The van der Waals surface area contributed by atoms with Gasteiger partial charge in [0.2, 0.25) is 0 Å². The molecule has 0 saturated heterocycles. The largest absolute Gasteiger partial charge is 0.311 e. The number of nitrogens with zero attached hydrogens (tertiary/aromatic N) is 1. The van der Waals surface area contributed by atoms with Gasteiger partial charge in [0.25, 0.3) is 0 Å². The monoisotopic (exact) mass is 250 g/mol. The van der Waals surface area contributed by atoms with Crippen molar-refractivity contribution in [3.63, 3.8) is 0 Å². The summed E-state index contributed by atoms with van der Waals surface area (Å²) >= 11 is 0. The first-order valence-corrected chi connectivity index (χ1v) is 7.83. The lowest BCUT2D eigenvalue weighted by molar-refractivity contribution is 0.309. The first-order chi connectivity index (χ1) is 7.16. The molecule has 0 aliphatic carbocycles. The third kappa shape index (κ3) is 9.12. The first-order valence-electron chi connectivity index (χ1n) is 5.77. The van der Waals surface area contributed by atoms with Crippen LogP contribution in [0.3, 0.4) is 0 Å². The van der Waals surface area contributed by atoms with E-state index in [4.69, 9.17) is 0 Å². The highest BCUT2D eigenvalue weighted by Gasteiger charge is 2.13. The summed E-state index contributed by atoms with van der Waals surface area (Å²) in [6.07, 6.45) is 2.36. The molecule has 1 N–H and O–H groups in total. The molecule has 4 nitrogen and oxygen atoms in total. The fourth-order valence-corrected chi connectivity index (χ4v) is 1.79. The van der Waals surface area contributed by atoms with Crippen molar-refractivity contribution in [1.82, 2.24) is 10.2 Å². The standard InChI is InChI=1S/C11H26N2O2S/c1-6-11(2,3)12-7-8-13(4)9-10-16(5,14)15/h12H,6-10H2,1-5H3. The third-order valence-electron chi connectivity index (χ3n) is 2.82. The molecule has 5 heteroatoms. The van der Waals surface area contributed by atoms with E-state index in [0.717, 1.165) is 19.5 Å². The maximum absolute atomic E-state index is 11.0. The number of sulfone groups is 1. The van der Waals surface area contributed by atoms with Crippen LogP contribution in [-0.2, 0) is 9.84 Å². The molecule has 0 aromatic heterocycles. The van der Waals surface area contributed by atoms with Crippen molar-refractivity contribution in [1.29, 1.82) is 0 Å². The SMILES string of the molecule is CCC(C)(C)NCCN(C)CCS(C)(=O)=O. The molecule has 0 unspecified atom stereocenters. The van der Waals surface area contributed by atoms with Crippen LogP contribution in [0.4, 0.5) is 0 Å². The normalized spacial score (nSPS) is 13.4. The van der Waals surface area contributed by atoms with Gasteiger partial charge in [-0.1, -0.05) is 6.92 Å². The predicted molar refractivity (Wildman–Crippen MR) is 69.6 cm³/mol. The Morgan fingerprint density at radius 1 is 1.25 bits per heavy atom. The van der Waals surface area contributed by atoms with Gasteiger partial charge in [-0.05, 0) is 27.3 Å². The van der Waals surface area contributed by atoms with Crippen molar-refractivity contribution >= 4 is 9.84 Å². The van der Waals surface area contributed by atoms with Crippen LogP contribution in [0, 0.1) is 0 Å². The van der Waals surface area contributed by atoms with Crippen LogP contribution in [0.25, 0.3) is 0 Å². The van der Waals surface area contributed by atoms with Crippen molar-refractivity contribution in [3.05, 3.63) is 0 Å². The van der Waals surface area contributed by atoms with E-state index in [1.807, 2.05) is 11.9 Å². The number of rotatable bonds is 8. The zero-order chi connectivity index (χ0) is 12.8. The molecule has 0 rings (SSSR count). The van der Waals surface area contributed by atoms with E-state index < -0.39 is 9.84 Å². The van der Waals surface area contributed by atoms with Gasteiger partial charge in [0, 0.05) is 31.4 Å². The van der Waals surface area contributed by atoms with E-state index in [0.29, 0.717) is 6.54 Å². The van der Waals surface area contributed by atoms with Crippen LogP contribution in [-0.4, -0.2) is 57.5 Å². The Bertz CT molecular complexity index is 286. The average Bonchev–Trinajstić information content (AvgIpc) is 2.13. The lowest BCUT2D eigenvalue weighted by atomic mass is 10.0. The maximum atomic E-state index is 11.0. The molecule has 0 aromatic rings. The van der Waals surface area contributed by atoms with Crippen LogP contribution in [0.1, 0.15) is 27.2 Å². The molecule has 16 heavy (non-hydrogen) atoms. The van der Waals surface area contributed by atoms with Crippen molar-refractivity contribution in [3.8, 4) is 0 Å². The van der Waals surface area contributed by atoms with Crippen LogP contribution < -0.4 is 5.32 Å². The Balaban J connectivity index is 3.71. The number of nitrogens with one attached hydrogen (secondary N) is 1. The quantitative estimate of drug-likeness (QED) is 0.690. The van der Waals surface area contributed by atoms with Crippen LogP contribution >= 0.6 is 0 Å². The van der Waals surface area contributed by atoms with E-state index in [9.17, 15) is 8.42 Å². The second kappa shape index (κ2) is 6.57. The van der Waals surface area contributed by atoms with Gasteiger partial charge in [-0.25, -0.2) is 8.42 Å². The van der Waals surface area contributed by atoms with Gasteiger partial charge in [-0.15, -0.1) is 0 Å². The predicted octanol–water partition coefficient (Wildman–Crippen LogP) is 0.741. The van der Waals surface area contributed by atoms with E-state index in [1.165, 1.54) is 6.26 Å². The van der Waals surface area contributed by atoms with Gasteiger partial charge in [0.05, 0.1) is 5.75 Å². The minimum Gasteiger partial charge on any atom is -0.311 e. The van der Waals surface area contributed by atoms with E-state index >= 15 is 0 Å². The molecule has 0 amide bonds. The summed E-state index contributed by atoms with van der Waals surface area (Å²) in [4.78, 5) is 2.04. The molecule has 0 bridgehead atoms. The fourth-order valence-electron chi connectivity index (χ4n) is 1.14. The summed E-state index contributed by atoms with van der Waals surface area (Å²) in [5, 5.41) is 3.45. The number of likely N-dealkylation sites (N-methyl/N-ethyl adjacent to an activating group) is 1. The molecular formula is C11H26N2O2S. The summed E-state index contributed by atoms with van der Waals surface area (Å²) in [5.41, 5.74) is 0.164. The summed E-state index contributed by atoms with van der Waals surface area (Å²) < 4.78 is 21.9. The van der Waals surface area contributed by atoms with Gasteiger partial charge < -0.3 is 10.2 Å². The molecule has 0 radical (unpaired) electrons. The van der Waals surface area contributed by atoms with E-state index in [1.54, 1.807) is 0 Å². The highest BCUT2D eigenvalue weighted by atomic mass is 32.2. The Morgan fingerprint density at radius 3 is 2.25 bits per heavy atom. The molecule has 0 aliphatic rings.